The zero-order valence-electron chi connectivity index (χ0n) is 25.7. The van der Waals surface area contributed by atoms with E-state index in [1.807, 2.05) is 74.5 Å². The average Bonchev–Trinajstić information content (AvgIpc) is 3.39. The van der Waals surface area contributed by atoms with Crippen LogP contribution in [0.3, 0.4) is 0 Å². The number of amides is 2. The molecular weight excluding hydrogens is 654 g/mol. The first-order chi connectivity index (χ1) is 22.6. The molecule has 48 heavy (non-hydrogen) atoms. The molecule has 11 heteroatoms. The molecule has 0 saturated carbocycles. The van der Waals surface area contributed by atoms with Crippen molar-refractivity contribution in [2.75, 3.05) is 5.32 Å². The van der Waals surface area contributed by atoms with Gasteiger partial charge >= 0.3 is 29.6 Å². The summed E-state index contributed by atoms with van der Waals surface area (Å²) in [5, 5.41) is 5.63. The molecule has 5 aromatic rings. The van der Waals surface area contributed by atoms with Gasteiger partial charge in [0, 0.05) is 11.3 Å². The first-order valence-corrected chi connectivity index (χ1v) is 17.1. The molecule has 2 amide bonds. The number of anilines is 1. The van der Waals surface area contributed by atoms with Crippen LogP contribution in [0.4, 0.5) is 5.69 Å². The maximum atomic E-state index is 12.9. The molecule has 0 atom stereocenters. The molecule has 2 N–H and O–H groups in total. The summed E-state index contributed by atoms with van der Waals surface area (Å²) < 4.78 is 33.5. The van der Waals surface area contributed by atoms with Crippen LogP contribution in [-0.4, -0.2) is 55.0 Å². The number of rotatable bonds is 9. The molecular formula is C37H32N3NaO5S2. The Morgan fingerprint density at radius 1 is 0.833 bits per heavy atom. The summed E-state index contributed by atoms with van der Waals surface area (Å²) in [5.41, 5.74) is 5.20. The summed E-state index contributed by atoms with van der Waals surface area (Å²) >= 11 is 1.22. The van der Waals surface area contributed by atoms with E-state index in [2.05, 4.69) is 15.0 Å². The Morgan fingerprint density at radius 2 is 1.44 bits per heavy atom. The number of amidine groups is 1. The van der Waals surface area contributed by atoms with Gasteiger partial charge in [0.25, 0.3) is 15.9 Å². The summed E-state index contributed by atoms with van der Waals surface area (Å²) in [6.07, 6.45) is 1.68. The van der Waals surface area contributed by atoms with Crippen molar-refractivity contribution in [3.63, 3.8) is 0 Å². The fourth-order valence-electron chi connectivity index (χ4n) is 4.90. The molecule has 0 aliphatic carbocycles. The molecule has 8 nitrogen and oxygen atoms in total. The van der Waals surface area contributed by atoms with Gasteiger partial charge in [-0.3, -0.25) is 9.59 Å². The Hall–Kier alpha value is -4.19. The minimum atomic E-state index is -3.96. The van der Waals surface area contributed by atoms with E-state index < -0.39 is 15.9 Å². The number of carbonyl (C=O) groups excluding carboxylic acids is 2. The first kappa shape index (κ1) is 35.1. The van der Waals surface area contributed by atoms with Gasteiger partial charge in [-0.1, -0.05) is 83.9 Å². The Labute approximate surface area is 306 Å². The Bertz CT molecular complexity index is 2150. The van der Waals surface area contributed by atoms with E-state index in [0.717, 1.165) is 27.5 Å². The number of nitrogens with zero attached hydrogens (tertiary/aromatic N) is 1. The van der Waals surface area contributed by atoms with Crippen molar-refractivity contribution in [3.05, 3.63) is 142 Å². The number of ether oxygens (including phenoxy) is 1. The molecule has 1 heterocycles. The van der Waals surface area contributed by atoms with Gasteiger partial charge in [0.2, 0.25) is 5.91 Å². The van der Waals surface area contributed by atoms with Crippen molar-refractivity contribution < 1.29 is 22.7 Å². The van der Waals surface area contributed by atoms with Crippen LogP contribution >= 0.6 is 11.8 Å². The third-order valence-corrected chi connectivity index (χ3v) is 9.74. The quantitative estimate of drug-likeness (QED) is 0.134. The van der Waals surface area contributed by atoms with Crippen LogP contribution in [0.1, 0.15) is 27.8 Å². The molecule has 1 aliphatic heterocycles. The molecule has 238 valence electrons. The van der Waals surface area contributed by atoms with Gasteiger partial charge < -0.3 is 10.1 Å². The van der Waals surface area contributed by atoms with Gasteiger partial charge in [0.15, 0.2) is 5.17 Å². The summed E-state index contributed by atoms with van der Waals surface area (Å²) in [7, 11) is -3.96. The number of nitrogens with one attached hydrogen (secondary N) is 2. The van der Waals surface area contributed by atoms with E-state index in [-0.39, 0.29) is 46.8 Å². The van der Waals surface area contributed by atoms with Crippen molar-refractivity contribution in [3.8, 4) is 5.75 Å². The van der Waals surface area contributed by atoms with Gasteiger partial charge in [0.1, 0.15) is 12.4 Å². The number of sulfonamides is 1. The predicted octanol–water partition coefficient (Wildman–Crippen LogP) is 6.52. The first-order valence-electron chi connectivity index (χ1n) is 14.8. The normalized spacial score (nSPS) is 13.6. The summed E-state index contributed by atoms with van der Waals surface area (Å²) in [5.74, 6) is -0.339. The van der Waals surface area contributed by atoms with Crippen LogP contribution in [-0.2, 0) is 32.6 Å². The predicted molar refractivity (Wildman–Crippen MR) is 195 cm³/mol. The van der Waals surface area contributed by atoms with E-state index in [4.69, 9.17) is 4.74 Å². The van der Waals surface area contributed by atoms with Gasteiger partial charge in [-0.2, -0.15) is 4.99 Å². The number of fused-ring (bicyclic) bond motifs is 1. The Balaban J connectivity index is 0.00000451. The Kier molecular flexibility index (Phi) is 11.2. The van der Waals surface area contributed by atoms with Gasteiger partial charge in [-0.25, -0.2) is 13.1 Å². The van der Waals surface area contributed by atoms with Crippen LogP contribution < -0.4 is 14.8 Å². The zero-order chi connectivity index (χ0) is 33.0. The number of thioether (sulfide) groups is 1. The van der Waals surface area contributed by atoms with Gasteiger partial charge in [-0.15, -0.1) is 0 Å². The Morgan fingerprint density at radius 3 is 2.10 bits per heavy atom. The van der Waals surface area contributed by atoms with E-state index in [9.17, 15) is 18.0 Å². The van der Waals surface area contributed by atoms with E-state index >= 15 is 0 Å². The third kappa shape index (κ3) is 8.83. The number of hydrogen-bond acceptors (Lipinski definition) is 7. The van der Waals surface area contributed by atoms with Crippen molar-refractivity contribution >= 4 is 90.9 Å². The number of aliphatic imine (C=N–C) groups is 1. The third-order valence-electron chi connectivity index (χ3n) is 7.45. The van der Waals surface area contributed by atoms with Gasteiger partial charge in [-0.05, 0) is 90.0 Å². The van der Waals surface area contributed by atoms with E-state index in [0.29, 0.717) is 33.7 Å². The van der Waals surface area contributed by atoms with E-state index in [1.165, 1.54) is 29.5 Å². The topological polar surface area (TPSA) is 114 Å². The molecule has 0 unspecified atom stereocenters. The van der Waals surface area contributed by atoms with Crippen LogP contribution in [0.25, 0.3) is 16.8 Å². The second-order valence-corrected chi connectivity index (χ2v) is 13.9. The van der Waals surface area contributed by atoms with Crippen LogP contribution in [0.2, 0.25) is 0 Å². The number of carbonyl (C=O) groups is 2. The van der Waals surface area contributed by atoms with Gasteiger partial charge in [0.05, 0.1) is 16.2 Å². The molecule has 1 aliphatic rings. The zero-order valence-corrected chi connectivity index (χ0v) is 27.3. The number of hydrogen-bond donors (Lipinski definition) is 2. The fraction of sp³-hybridized carbons (Fsp3) is 0.108. The second kappa shape index (κ2) is 15.4. The molecule has 5 aromatic carbocycles. The van der Waals surface area contributed by atoms with Crippen molar-refractivity contribution in [1.29, 1.82) is 0 Å². The molecule has 0 spiro atoms. The van der Waals surface area contributed by atoms with Crippen LogP contribution in [0, 0.1) is 13.8 Å². The standard InChI is InChI=1S/C37H31N3O5S2.Na.H/c1-24-7-11-27(12-8-24)23-45-33-21-29-6-4-3-5-28(29)20-30(33)22-34-36(42)39-37(46-34)38-31-15-13-26(14-16-31)19-35(41)40-47(43,44)32-17-9-25(2)10-18-32;;/h3-18,20-22H,19,23H2,1-2H3,(H,40,41)(H,38,39,42);;/b34-22+;;. The minimum absolute atomic E-state index is 0. The molecule has 0 bridgehead atoms. The maximum absolute atomic E-state index is 12.9. The van der Waals surface area contributed by atoms with Crippen molar-refractivity contribution in [2.24, 2.45) is 4.99 Å². The summed E-state index contributed by atoms with van der Waals surface area (Å²) in [6.45, 7) is 4.28. The van der Waals surface area contributed by atoms with E-state index in [1.54, 1.807) is 42.5 Å². The summed E-state index contributed by atoms with van der Waals surface area (Å²) in [4.78, 5) is 30.1. The average molecular weight is 686 g/mol. The second-order valence-electron chi connectivity index (χ2n) is 11.2. The molecule has 6 rings (SSSR count). The number of aryl methyl sites for hydroxylation is 2. The molecule has 0 fully saturated rings. The summed E-state index contributed by atoms with van der Waals surface area (Å²) in [6, 6.07) is 33.3. The fourth-order valence-corrected chi connectivity index (χ4v) is 6.71. The monoisotopic (exact) mass is 685 g/mol. The molecule has 0 saturated heterocycles. The molecule has 0 aromatic heterocycles. The van der Waals surface area contributed by atoms with Crippen molar-refractivity contribution in [1.82, 2.24) is 4.72 Å². The molecule has 0 radical (unpaired) electrons. The number of benzene rings is 5. The van der Waals surface area contributed by atoms with Crippen molar-refractivity contribution in [2.45, 2.75) is 31.8 Å². The van der Waals surface area contributed by atoms with Crippen LogP contribution in [0.15, 0.2) is 124 Å². The SMILES string of the molecule is Cc1ccc(COc2cc3ccccc3cc2/C=C2/SC(Nc3ccc(CC(=O)NS(=O)(=O)c4ccc(C)cc4)cc3)=NC2=O)cc1.[NaH]. The van der Waals surface area contributed by atoms with Crippen LogP contribution in [0.5, 0.6) is 5.75 Å².